The molecule has 0 fully saturated rings. The van der Waals surface area contributed by atoms with E-state index in [0.29, 0.717) is 5.82 Å². The zero-order valence-corrected chi connectivity index (χ0v) is 35.9. The molecule has 0 spiro atoms. The maximum absolute atomic E-state index is 5.23. The van der Waals surface area contributed by atoms with E-state index in [1.54, 1.807) is 0 Å². The van der Waals surface area contributed by atoms with Gasteiger partial charge in [-0.15, -0.1) is 0 Å². The van der Waals surface area contributed by atoms with E-state index in [4.69, 9.17) is 15.0 Å². The molecule has 5 heteroatoms. The molecule has 3 heterocycles. The number of aromatic nitrogens is 4. The molecule has 11 aromatic rings. The highest BCUT2D eigenvalue weighted by Crippen LogP contribution is 2.35. The van der Waals surface area contributed by atoms with Crippen molar-refractivity contribution in [1.82, 2.24) is 19.5 Å². The third-order valence-electron chi connectivity index (χ3n) is 12.7. The number of nitrogens with zero attached hydrogens (tertiary/aromatic N) is 4. The Kier molecular flexibility index (Phi) is 9.13. The second-order valence-corrected chi connectivity index (χ2v) is 20.1. The fourth-order valence-corrected chi connectivity index (χ4v) is 14.9. The quantitative estimate of drug-likeness (QED) is 0.143. The molecule has 300 valence electrons. The number of hydrogen-bond donors (Lipinski definition) is 0. The lowest BCUT2D eigenvalue weighted by Gasteiger charge is -2.31. The van der Waals surface area contributed by atoms with E-state index in [9.17, 15) is 0 Å². The molecule has 1 aliphatic rings. The van der Waals surface area contributed by atoms with Crippen molar-refractivity contribution in [3.05, 3.63) is 243 Å². The number of hydrogen-bond acceptors (Lipinski definition) is 3. The van der Waals surface area contributed by atoms with Gasteiger partial charge in [0.1, 0.15) is 5.82 Å². The van der Waals surface area contributed by atoms with E-state index >= 15 is 0 Å². The summed E-state index contributed by atoms with van der Waals surface area (Å²) in [4.78, 5) is 15.4. The second-order valence-electron chi connectivity index (χ2n) is 16.4. The van der Waals surface area contributed by atoms with Gasteiger partial charge in [-0.3, -0.25) is 4.57 Å². The Morgan fingerprint density at radius 1 is 0.328 bits per heavy atom. The Labute approximate surface area is 373 Å². The van der Waals surface area contributed by atoms with Crippen LogP contribution in [0.3, 0.4) is 0 Å². The molecule has 0 atom stereocenters. The third-order valence-corrected chi connectivity index (χ3v) is 17.6. The molecule has 0 saturated carbocycles. The lowest BCUT2D eigenvalue weighted by Crippen LogP contribution is -2.72. The first kappa shape index (κ1) is 37.5. The number of imidazole rings is 1. The van der Waals surface area contributed by atoms with Crippen molar-refractivity contribution in [3.63, 3.8) is 0 Å². The number of fused-ring (bicyclic) bond motifs is 4. The van der Waals surface area contributed by atoms with Gasteiger partial charge in [0, 0.05) is 27.9 Å². The molecular weight excluding hydrogens is 793 g/mol. The van der Waals surface area contributed by atoms with Crippen molar-refractivity contribution in [3.8, 4) is 73.2 Å². The van der Waals surface area contributed by atoms with Gasteiger partial charge in [0.05, 0.1) is 22.4 Å². The van der Waals surface area contributed by atoms with Crippen LogP contribution in [0, 0.1) is 0 Å². The molecule has 2 aromatic heterocycles. The molecule has 0 saturated heterocycles. The van der Waals surface area contributed by atoms with Crippen molar-refractivity contribution in [2.45, 2.75) is 0 Å². The molecule has 0 unspecified atom stereocenters. The van der Waals surface area contributed by atoms with E-state index in [1.165, 1.54) is 37.4 Å². The van der Waals surface area contributed by atoms with Crippen molar-refractivity contribution < 1.29 is 0 Å². The molecule has 64 heavy (non-hydrogen) atoms. The summed E-state index contributed by atoms with van der Waals surface area (Å²) >= 11 is 0. The molecule has 0 N–H and O–H groups in total. The van der Waals surface area contributed by atoms with Crippen LogP contribution in [0.25, 0.3) is 84.3 Å². The number of benzene rings is 9. The van der Waals surface area contributed by atoms with Gasteiger partial charge in [-0.2, -0.15) is 0 Å². The molecule has 4 nitrogen and oxygen atoms in total. The summed E-state index contributed by atoms with van der Waals surface area (Å²) < 4.78 is 2.23. The molecule has 0 aliphatic carbocycles. The highest BCUT2D eigenvalue weighted by Gasteiger charge is 2.48. The van der Waals surface area contributed by atoms with E-state index < -0.39 is 8.07 Å². The molecular formula is C59H40N4Si. The first-order valence-corrected chi connectivity index (χ1v) is 23.8. The summed E-state index contributed by atoms with van der Waals surface area (Å²) in [5, 5.41) is 5.70. The van der Waals surface area contributed by atoms with E-state index in [0.717, 1.165) is 61.8 Å². The van der Waals surface area contributed by atoms with Gasteiger partial charge in [0.2, 0.25) is 0 Å². The van der Waals surface area contributed by atoms with Crippen LogP contribution in [0.5, 0.6) is 0 Å². The van der Waals surface area contributed by atoms with Crippen LogP contribution in [-0.4, -0.2) is 27.6 Å². The summed E-state index contributed by atoms with van der Waals surface area (Å²) in [7, 11) is -2.53. The first-order valence-electron chi connectivity index (χ1n) is 21.8. The Balaban J connectivity index is 0.922. The zero-order chi connectivity index (χ0) is 42.5. The average Bonchev–Trinajstić information content (AvgIpc) is 3.92. The largest absolute Gasteiger partial charge is 0.292 e. The molecule has 0 bridgehead atoms. The number of rotatable bonds is 8. The van der Waals surface area contributed by atoms with Crippen molar-refractivity contribution >= 4 is 39.9 Å². The highest BCUT2D eigenvalue weighted by atomic mass is 28.3. The summed E-state index contributed by atoms with van der Waals surface area (Å²) in [5.41, 5.74) is 13.9. The van der Waals surface area contributed by atoms with Crippen molar-refractivity contribution in [1.29, 1.82) is 0 Å². The van der Waals surface area contributed by atoms with Crippen LogP contribution in [0.4, 0.5) is 0 Å². The van der Waals surface area contributed by atoms with Gasteiger partial charge in [0.25, 0.3) is 0 Å². The SMILES string of the molecule is c1ccc(-c2cc(-c3ccc(-c4ccc5c(c4)-c4ccccc4[Si]5(c4ccccc4)c4ccccc4)cc3)nc(-c3ccc(-n4c(-c5ccccc5)nc5ccccc54)cc3)n2)cc1. The van der Waals surface area contributed by atoms with Crippen LogP contribution in [-0.2, 0) is 0 Å². The summed E-state index contributed by atoms with van der Waals surface area (Å²) in [6.07, 6.45) is 0. The second kappa shape index (κ2) is 15.6. The van der Waals surface area contributed by atoms with Crippen LogP contribution in [0.2, 0.25) is 0 Å². The van der Waals surface area contributed by atoms with Crippen LogP contribution >= 0.6 is 0 Å². The Bertz CT molecular complexity index is 3420. The normalized spacial score (nSPS) is 12.5. The standard InChI is InChI=1S/C59H40N4Si/c1-5-17-42(18-6-1)53-40-54(61-58(60-53)44-33-36-47(37-34-44)63-55-27-15-14-26-52(55)62-59(63)45-19-7-2-8-20-45)43-31-29-41(30-32-43)46-35-38-57-51(39-46)50-25-13-16-28-56(50)64(57,48-21-9-3-10-22-48)49-23-11-4-12-24-49/h1-40H. The molecule has 1 aliphatic heterocycles. The minimum atomic E-state index is -2.53. The molecule has 0 radical (unpaired) electrons. The lowest BCUT2D eigenvalue weighted by atomic mass is 9.98. The van der Waals surface area contributed by atoms with Gasteiger partial charge in [-0.25, -0.2) is 15.0 Å². The molecule has 9 aromatic carbocycles. The fraction of sp³-hybridized carbons (Fsp3) is 0. The predicted octanol–water partition coefficient (Wildman–Crippen LogP) is 11.5. The summed E-state index contributed by atoms with van der Waals surface area (Å²) in [6, 6.07) is 87.1. The van der Waals surface area contributed by atoms with Crippen molar-refractivity contribution in [2.24, 2.45) is 0 Å². The van der Waals surface area contributed by atoms with E-state index in [-0.39, 0.29) is 0 Å². The summed E-state index contributed by atoms with van der Waals surface area (Å²) in [6.45, 7) is 0. The van der Waals surface area contributed by atoms with Gasteiger partial charge >= 0.3 is 0 Å². The minimum Gasteiger partial charge on any atom is -0.292 e. The third kappa shape index (κ3) is 6.24. The van der Waals surface area contributed by atoms with Gasteiger partial charge in [-0.05, 0) is 91.5 Å². The predicted molar refractivity (Wildman–Crippen MR) is 266 cm³/mol. The first-order chi connectivity index (χ1) is 31.7. The maximum atomic E-state index is 5.23. The molecule has 0 amide bonds. The van der Waals surface area contributed by atoms with E-state index in [2.05, 4.69) is 229 Å². The monoisotopic (exact) mass is 832 g/mol. The van der Waals surface area contributed by atoms with Gasteiger partial charge in [0.15, 0.2) is 13.9 Å². The van der Waals surface area contributed by atoms with Crippen molar-refractivity contribution in [2.75, 3.05) is 0 Å². The minimum absolute atomic E-state index is 0.674. The topological polar surface area (TPSA) is 43.6 Å². The van der Waals surface area contributed by atoms with Crippen LogP contribution < -0.4 is 20.7 Å². The molecule has 12 rings (SSSR count). The Morgan fingerprint density at radius 3 is 1.50 bits per heavy atom. The highest BCUT2D eigenvalue weighted by molar-refractivity contribution is 7.22. The average molecular weight is 833 g/mol. The fourth-order valence-electron chi connectivity index (χ4n) is 9.77. The van der Waals surface area contributed by atoms with Crippen LogP contribution in [0.1, 0.15) is 0 Å². The summed E-state index contributed by atoms with van der Waals surface area (Å²) in [5.74, 6) is 1.58. The van der Waals surface area contributed by atoms with E-state index in [1.807, 2.05) is 18.2 Å². The Morgan fingerprint density at radius 2 is 0.828 bits per heavy atom. The lowest BCUT2D eigenvalue weighted by molar-refractivity contribution is 1.10. The number of para-hydroxylation sites is 2. The van der Waals surface area contributed by atoms with Gasteiger partial charge in [-0.1, -0.05) is 194 Å². The van der Waals surface area contributed by atoms with Crippen LogP contribution in [0.15, 0.2) is 243 Å². The van der Waals surface area contributed by atoms with Gasteiger partial charge < -0.3 is 0 Å². The smallest absolute Gasteiger partial charge is 0.180 e. The Hall–Kier alpha value is -8.25. The zero-order valence-electron chi connectivity index (χ0n) is 34.9. The maximum Gasteiger partial charge on any atom is 0.180 e.